The molecule has 0 unspecified atom stereocenters. The maximum absolute atomic E-state index is 10.7. The molecule has 4 nitrogen and oxygen atoms in total. The predicted molar refractivity (Wildman–Crippen MR) is 91.8 cm³/mol. The molecule has 0 spiro atoms. The molecule has 1 aliphatic rings. The van der Waals surface area contributed by atoms with E-state index in [9.17, 15) is 4.79 Å². The van der Waals surface area contributed by atoms with Crippen LogP contribution in [0.5, 0.6) is 0 Å². The normalized spacial score (nSPS) is 27.0. The first-order valence-corrected chi connectivity index (χ1v) is 11.9. The van der Waals surface area contributed by atoms with Gasteiger partial charge in [0.05, 0.1) is 12.2 Å². The van der Waals surface area contributed by atoms with Gasteiger partial charge in [0.1, 0.15) is 13.1 Å². The Morgan fingerprint density at radius 1 is 1.23 bits per heavy atom. The van der Waals surface area contributed by atoms with Crippen LogP contribution >= 0.6 is 0 Å². The fourth-order valence-corrected chi connectivity index (χ4v) is 3.46. The van der Waals surface area contributed by atoms with Gasteiger partial charge in [-0.2, -0.15) is 0 Å². The van der Waals surface area contributed by atoms with Gasteiger partial charge in [0.15, 0.2) is 0 Å². The molecule has 0 heterocycles. The molecular weight excluding hydrogens is 296 g/mol. The van der Waals surface area contributed by atoms with Crippen molar-refractivity contribution in [2.75, 3.05) is 20.5 Å². The Hall–Kier alpha value is -0.493. The van der Waals surface area contributed by atoms with E-state index in [0.29, 0.717) is 12.7 Å². The summed E-state index contributed by atoms with van der Waals surface area (Å²) in [5.41, 5.74) is 0.800. The first-order valence-electron chi connectivity index (χ1n) is 8.21. The minimum atomic E-state index is -1.04. The van der Waals surface area contributed by atoms with Crippen LogP contribution in [0.2, 0.25) is 25.7 Å². The summed E-state index contributed by atoms with van der Waals surface area (Å²) < 4.78 is 17.0. The highest BCUT2D eigenvalue weighted by atomic mass is 28.3. The summed E-state index contributed by atoms with van der Waals surface area (Å²) in [6.45, 7) is 10.0. The predicted octanol–water partition coefficient (Wildman–Crippen LogP) is 3.64. The van der Waals surface area contributed by atoms with E-state index in [4.69, 9.17) is 14.2 Å². The fourth-order valence-electron chi connectivity index (χ4n) is 2.71. The molecule has 0 radical (unpaired) electrons. The van der Waals surface area contributed by atoms with E-state index in [1.807, 2.05) is 6.92 Å². The molecule has 0 saturated heterocycles. The van der Waals surface area contributed by atoms with Crippen molar-refractivity contribution in [1.29, 1.82) is 0 Å². The van der Waals surface area contributed by atoms with Crippen LogP contribution in [0.25, 0.3) is 0 Å². The van der Waals surface area contributed by atoms with E-state index < -0.39 is 8.07 Å². The van der Waals surface area contributed by atoms with Gasteiger partial charge in [0.25, 0.3) is 0 Å². The summed E-state index contributed by atoms with van der Waals surface area (Å²) in [5, 5.41) is 0. The maximum Gasteiger partial charge on any atom is 0.147 e. The van der Waals surface area contributed by atoms with E-state index >= 15 is 0 Å². The minimum Gasteiger partial charge on any atom is -0.379 e. The second-order valence-electron chi connectivity index (χ2n) is 7.42. The Morgan fingerprint density at radius 2 is 1.95 bits per heavy atom. The van der Waals surface area contributed by atoms with E-state index in [0.717, 1.165) is 43.8 Å². The summed E-state index contributed by atoms with van der Waals surface area (Å²) in [6, 6.07) is 1.16. The molecule has 0 aromatic carbocycles. The van der Waals surface area contributed by atoms with Crippen LogP contribution in [0, 0.1) is 5.92 Å². The fraction of sp³-hybridized carbons (Fsp3) is 0.824. The van der Waals surface area contributed by atoms with Gasteiger partial charge in [-0.25, -0.2) is 0 Å². The van der Waals surface area contributed by atoms with Crippen LogP contribution in [0.4, 0.5) is 0 Å². The Labute approximate surface area is 136 Å². The van der Waals surface area contributed by atoms with Crippen molar-refractivity contribution >= 4 is 14.4 Å². The molecule has 0 aliphatic heterocycles. The zero-order chi connectivity index (χ0) is 16.6. The summed E-state index contributed by atoms with van der Waals surface area (Å²) in [4.78, 5) is 10.7. The zero-order valence-electron chi connectivity index (χ0n) is 14.8. The SMILES string of the molecule is CO[C@@H]1C[C@H](/C=C(\C)C=O)CC[C@H]1OCOCC[Si](C)(C)C. The van der Waals surface area contributed by atoms with Crippen molar-refractivity contribution in [3.8, 4) is 0 Å². The number of hydrogen-bond donors (Lipinski definition) is 0. The third-order valence-corrected chi connectivity index (χ3v) is 5.82. The number of hydrogen-bond acceptors (Lipinski definition) is 4. The van der Waals surface area contributed by atoms with Gasteiger partial charge in [-0.1, -0.05) is 25.7 Å². The molecule has 1 aliphatic carbocycles. The lowest BCUT2D eigenvalue weighted by atomic mass is 9.84. The largest absolute Gasteiger partial charge is 0.379 e. The lowest BCUT2D eigenvalue weighted by Crippen LogP contribution is -2.37. The van der Waals surface area contributed by atoms with Crippen LogP contribution < -0.4 is 0 Å². The molecule has 1 rings (SSSR count). The smallest absolute Gasteiger partial charge is 0.147 e. The van der Waals surface area contributed by atoms with E-state index in [-0.39, 0.29) is 12.2 Å². The molecule has 3 atom stereocenters. The van der Waals surface area contributed by atoms with Crippen LogP contribution in [0.3, 0.4) is 0 Å². The summed E-state index contributed by atoms with van der Waals surface area (Å²) in [5.74, 6) is 0.405. The van der Waals surface area contributed by atoms with Crippen molar-refractivity contribution in [2.24, 2.45) is 5.92 Å². The zero-order valence-corrected chi connectivity index (χ0v) is 15.8. The molecule has 22 heavy (non-hydrogen) atoms. The molecule has 0 aromatic rings. The number of ether oxygens (including phenoxy) is 3. The average molecular weight is 329 g/mol. The second-order valence-corrected chi connectivity index (χ2v) is 13.0. The molecule has 1 saturated carbocycles. The Morgan fingerprint density at radius 3 is 2.55 bits per heavy atom. The van der Waals surface area contributed by atoms with E-state index in [1.165, 1.54) is 0 Å². The molecule has 0 amide bonds. The minimum absolute atomic E-state index is 0.0787. The van der Waals surface area contributed by atoms with Crippen LogP contribution in [-0.2, 0) is 19.0 Å². The highest BCUT2D eigenvalue weighted by molar-refractivity contribution is 6.76. The molecule has 1 fully saturated rings. The van der Waals surface area contributed by atoms with Crippen LogP contribution in [-0.4, -0.2) is 47.1 Å². The van der Waals surface area contributed by atoms with E-state index in [2.05, 4.69) is 25.7 Å². The first-order chi connectivity index (χ1) is 10.4. The number of methoxy groups -OCH3 is 1. The summed E-state index contributed by atoms with van der Waals surface area (Å²) in [6.07, 6.45) is 6.03. The molecule has 128 valence electrons. The van der Waals surface area contributed by atoms with Gasteiger partial charge >= 0.3 is 0 Å². The van der Waals surface area contributed by atoms with Gasteiger partial charge in [-0.3, -0.25) is 4.79 Å². The third-order valence-electron chi connectivity index (χ3n) is 4.12. The summed E-state index contributed by atoms with van der Waals surface area (Å²) >= 11 is 0. The Balaban J connectivity index is 2.32. The van der Waals surface area contributed by atoms with Gasteiger partial charge in [-0.15, -0.1) is 0 Å². The summed E-state index contributed by atoms with van der Waals surface area (Å²) in [7, 11) is 0.692. The quantitative estimate of drug-likeness (QED) is 0.213. The van der Waals surface area contributed by atoms with Gasteiger partial charge in [-0.05, 0) is 43.7 Å². The second kappa shape index (κ2) is 9.60. The number of carbonyl (C=O) groups is 1. The number of aldehydes is 1. The lowest BCUT2D eigenvalue weighted by Gasteiger charge is -2.34. The van der Waals surface area contributed by atoms with Crippen molar-refractivity contribution in [3.05, 3.63) is 11.6 Å². The highest BCUT2D eigenvalue weighted by Gasteiger charge is 2.30. The van der Waals surface area contributed by atoms with Crippen LogP contribution in [0.1, 0.15) is 26.2 Å². The number of carbonyl (C=O) groups excluding carboxylic acids is 1. The molecule has 5 heteroatoms. The first kappa shape index (κ1) is 19.6. The van der Waals surface area contributed by atoms with Gasteiger partial charge in [0.2, 0.25) is 0 Å². The monoisotopic (exact) mass is 328 g/mol. The molecule has 0 N–H and O–H groups in total. The van der Waals surface area contributed by atoms with Crippen molar-refractivity contribution in [2.45, 2.75) is 64.1 Å². The van der Waals surface area contributed by atoms with Gasteiger partial charge in [0, 0.05) is 21.8 Å². The van der Waals surface area contributed by atoms with E-state index in [1.54, 1.807) is 7.11 Å². The molecule has 0 bridgehead atoms. The molecular formula is C17H32O4Si. The Bertz CT molecular complexity index is 362. The van der Waals surface area contributed by atoms with Crippen molar-refractivity contribution in [3.63, 3.8) is 0 Å². The molecule has 0 aromatic heterocycles. The number of rotatable bonds is 9. The highest BCUT2D eigenvalue weighted by Crippen LogP contribution is 2.30. The topological polar surface area (TPSA) is 44.8 Å². The lowest BCUT2D eigenvalue weighted by molar-refractivity contribution is -0.144. The van der Waals surface area contributed by atoms with Crippen LogP contribution in [0.15, 0.2) is 11.6 Å². The third kappa shape index (κ3) is 7.67. The Kier molecular flexibility index (Phi) is 8.53. The number of allylic oxidation sites excluding steroid dienone is 2. The van der Waals surface area contributed by atoms with Crippen molar-refractivity contribution in [1.82, 2.24) is 0 Å². The van der Waals surface area contributed by atoms with Gasteiger partial charge < -0.3 is 14.2 Å². The van der Waals surface area contributed by atoms with Crippen molar-refractivity contribution < 1.29 is 19.0 Å². The average Bonchev–Trinajstić information content (AvgIpc) is 2.46. The standard InChI is InChI=1S/C17H32O4Si/c1-14(12-18)10-15-6-7-16(17(11-15)19-2)21-13-20-8-9-22(3,4)5/h10,12,15-17H,6-9,11,13H2,1-5H3/b14-10+/t15-,16+,17+/m0/s1. The maximum atomic E-state index is 10.7.